The zero-order chi connectivity index (χ0) is 27.0. The Morgan fingerprint density at radius 2 is 2.00 bits per heavy atom. The summed E-state index contributed by atoms with van der Waals surface area (Å²) in [5, 5.41) is 11.9. The van der Waals surface area contributed by atoms with E-state index in [1.54, 1.807) is 19.0 Å². The van der Waals surface area contributed by atoms with Gasteiger partial charge in [-0.05, 0) is 38.7 Å². The van der Waals surface area contributed by atoms with Crippen molar-refractivity contribution in [3.8, 4) is 6.07 Å². The van der Waals surface area contributed by atoms with Gasteiger partial charge in [0.15, 0.2) is 5.76 Å². The van der Waals surface area contributed by atoms with Crippen molar-refractivity contribution in [2.45, 2.75) is 57.9 Å². The molecule has 11 heteroatoms. The Labute approximate surface area is 225 Å². The molecule has 0 bridgehead atoms. The van der Waals surface area contributed by atoms with E-state index in [4.69, 9.17) is 9.44 Å². The number of allylic oxidation sites excluding steroid dienone is 2. The second kappa shape index (κ2) is 12.9. The van der Waals surface area contributed by atoms with Gasteiger partial charge in [-0.3, -0.25) is 9.69 Å². The number of carbonyl (C=O) groups excluding carboxylic acids is 2. The maximum atomic E-state index is 12.4. The largest absolute Gasteiger partial charge is 0.408 e. The third kappa shape index (κ3) is 7.94. The van der Waals surface area contributed by atoms with Crippen molar-refractivity contribution in [1.82, 2.24) is 29.6 Å². The molecule has 3 aliphatic rings. The highest BCUT2D eigenvalue weighted by Crippen LogP contribution is 2.37. The van der Waals surface area contributed by atoms with Crippen molar-refractivity contribution in [3.63, 3.8) is 0 Å². The number of rotatable bonds is 11. The highest BCUT2D eigenvalue weighted by atomic mass is 32.2. The highest BCUT2D eigenvalue weighted by molar-refractivity contribution is 7.92. The molecule has 2 fully saturated rings. The van der Waals surface area contributed by atoms with Gasteiger partial charge in [0.1, 0.15) is 24.5 Å². The van der Waals surface area contributed by atoms with E-state index >= 15 is 0 Å². The Morgan fingerprint density at radius 3 is 2.59 bits per heavy atom. The summed E-state index contributed by atoms with van der Waals surface area (Å²) in [5.41, 5.74) is 1.65. The summed E-state index contributed by atoms with van der Waals surface area (Å²) in [6, 6.07) is 1.90. The summed E-state index contributed by atoms with van der Waals surface area (Å²) < 4.78 is 9.39. The van der Waals surface area contributed by atoms with Gasteiger partial charge in [-0.2, -0.15) is 5.26 Å². The summed E-state index contributed by atoms with van der Waals surface area (Å²) in [6.45, 7) is 11.1. The van der Waals surface area contributed by atoms with Crippen LogP contribution >= 0.6 is 12.2 Å². The van der Waals surface area contributed by atoms with Crippen molar-refractivity contribution in [2.75, 3.05) is 40.3 Å². The second-order valence-electron chi connectivity index (χ2n) is 9.97. The van der Waals surface area contributed by atoms with Crippen LogP contribution in [0.4, 0.5) is 4.79 Å². The molecule has 202 valence electrons. The predicted octanol–water partition coefficient (Wildman–Crippen LogP) is 3.62. The van der Waals surface area contributed by atoms with Crippen LogP contribution in [0.15, 0.2) is 47.9 Å². The quantitative estimate of drug-likeness (QED) is 0.238. The molecular formula is C26H39N7O3S. The summed E-state index contributed by atoms with van der Waals surface area (Å²) >= 11 is 1.20. The van der Waals surface area contributed by atoms with Crippen molar-refractivity contribution < 1.29 is 13.8 Å². The molecule has 0 radical (unpaired) electrons. The molecule has 3 amide bonds. The standard InChI is InChI=1S/C26H39N7O3S/c1-6-7-8-9-23(28-24(34)10-13-27)33-19-21(36-37-29-26(3)11-12-26)18-22(20(33)2)31-14-16-32(17-15-31)25(35)30(4)5/h9,18-19,29H,2,6-8,10-12,14-17H2,1,3-5H3,(H,28,34)/b23-9-. The first-order valence-electron chi connectivity index (χ1n) is 12.8. The van der Waals surface area contributed by atoms with E-state index in [0.717, 1.165) is 37.8 Å². The van der Waals surface area contributed by atoms with Crippen LogP contribution in [0.2, 0.25) is 0 Å². The number of unbranched alkanes of at least 4 members (excludes halogenated alkanes) is 2. The lowest BCUT2D eigenvalue weighted by atomic mass is 10.1. The average Bonchev–Trinajstić information content (AvgIpc) is 3.61. The van der Waals surface area contributed by atoms with Gasteiger partial charge in [-0.1, -0.05) is 19.9 Å². The smallest absolute Gasteiger partial charge is 0.319 e. The first kappa shape index (κ1) is 28.5. The summed E-state index contributed by atoms with van der Waals surface area (Å²) in [7, 11) is 3.51. The molecule has 1 saturated carbocycles. The topological polar surface area (TPSA) is 104 Å². The maximum absolute atomic E-state index is 12.4. The third-order valence-corrected chi connectivity index (χ3v) is 7.34. The summed E-state index contributed by atoms with van der Waals surface area (Å²) in [4.78, 5) is 32.2. The van der Waals surface area contributed by atoms with E-state index in [-0.39, 0.29) is 23.9 Å². The van der Waals surface area contributed by atoms with E-state index in [1.807, 2.05) is 34.2 Å². The molecule has 0 unspecified atom stereocenters. The Hall–Kier alpha value is -3.10. The van der Waals surface area contributed by atoms with Gasteiger partial charge in [0, 0.05) is 51.9 Å². The number of piperazine rings is 1. The van der Waals surface area contributed by atoms with Crippen molar-refractivity contribution in [3.05, 3.63) is 47.9 Å². The van der Waals surface area contributed by atoms with Crippen LogP contribution in [0.3, 0.4) is 0 Å². The Bertz CT molecular complexity index is 1000. The fourth-order valence-corrected chi connectivity index (χ4v) is 4.54. The van der Waals surface area contributed by atoms with E-state index < -0.39 is 0 Å². The van der Waals surface area contributed by atoms with Crippen LogP contribution in [-0.4, -0.2) is 77.4 Å². The number of nitriles is 1. The molecule has 37 heavy (non-hydrogen) atoms. The number of hydrogen-bond acceptors (Lipinski definition) is 8. The number of nitrogens with one attached hydrogen (secondary N) is 2. The van der Waals surface area contributed by atoms with Gasteiger partial charge < -0.3 is 24.2 Å². The SMILES string of the molecule is C=C1C(N2CCN(C(=O)N(C)C)CC2)=CC(OSNC2(C)CC2)=CN1/C(=C\CCCC)NC(=O)CC#N. The number of hydrogen-bond donors (Lipinski definition) is 2. The molecule has 2 N–H and O–H groups in total. The Kier molecular flexibility index (Phi) is 9.94. The van der Waals surface area contributed by atoms with E-state index in [9.17, 15) is 9.59 Å². The number of carbonyl (C=O) groups is 2. The zero-order valence-electron chi connectivity index (χ0n) is 22.4. The lowest BCUT2D eigenvalue weighted by Crippen LogP contribution is -2.51. The Morgan fingerprint density at radius 1 is 1.30 bits per heavy atom. The molecule has 3 rings (SSSR count). The van der Waals surface area contributed by atoms with E-state index in [0.29, 0.717) is 43.5 Å². The molecule has 0 aromatic heterocycles. The van der Waals surface area contributed by atoms with Gasteiger partial charge in [0.05, 0.1) is 23.7 Å². The van der Waals surface area contributed by atoms with Gasteiger partial charge in [0.2, 0.25) is 5.91 Å². The Balaban J connectivity index is 1.83. The first-order valence-corrected chi connectivity index (χ1v) is 13.5. The molecule has 0 atom stereocenters. The van der Waals surface area contributed by atoms with Gasteiger partial charge in [-0.25, -0.2) is 9.52 Å². The maximum Gasteiger partial charge on any atom is 0.319 e. The van der Waals surface area contributed by atoms with Crippen LogP contribution < -0.4 is 10.0 Å². The first-order chi connectivity index (χ1) is 17.7. The molecule has 0 spiro atoms. The molecule has 2 heterocycles. The van der Waals surface area contributed by atoms with Crippen LogP contribution in [0.5, 0.6) is 0 Å². The lowest BCUT2D eigenvalue weighted by Gasteiger charge is -2.41. The van der Waals surface area contributed by atoms with E-state index in [1.165, 1.54) is 12.2 Å². The van der Waals surface area contributed by atoms with Gasteiger partial charge in [-0.15, -0.1) is 0 Å². The van der Waals surface area contributed by atoms with E-state index in [2.05, 4.69) is 35.4 Å². The fourth-order valence-electron chi connectivity index (χ4n) is 3.91. The molecule has 2 aliphatic heterocycles. The van der Waals surface area contributed by atoms with Crippen molar-refractivity contribution in [1.29, 1.82) is 5.26 Å². The van der Waals surface area contributed by atoms with Crippen molar-refractivity contribution >= 4 is 24.2 Å². The minimum absolute atomic E-state index is 0.000890. The van der Waals surface area contributed by atoms with Crippen LogP contribution in [-0.2, 0) is 8.98 Å². The van der Waals surface area contributed by atoms with Gasteiger partial charge in [0.25, 0.3) is 0 Å². The summed E-state index contributed by atoms with van der Waals surface area (Å²) in [5.74, 6) is 0.782. The number of amides is 3. The molecule has 10 nitrogen and oxygen atoms in total. The van der Waals surface area contributed by atoms with Crippen LogP contribution in [0.1, 0.15) is 52.4 Å². The highest BCUT2D eigenvalue weighted by Gasteiger charge is 2.38. The molecule has 0 aromatic carbocycles. The monoisotopic (exact) mass is 529 g/mol. The predicted molar refractivity (Wildman–Crippen MR) is 145 cm³/mol. The molecule has 1 aliphatic carbocycles. The average molecular weight is 530 g/mol. The van der Waals surface area contributed by atoms with Crippen LogP contribution in [0.25, 0.3) is 0 Å². The zero-order valence-corrected chi connectivity index (χ0v) is 23.2. The third-order valence-electron chi connectivity index (χ3n) is 6.48. The molecular weight excluding hydrogens is 490 g/mol. The molecule has 0 aromatic rings. The van der Waals surface area contributed by atoms with Crippen LogP contribution in [0, 0.1) is 11.3 Å². The number of urea groups is 1. The second-order valence-corrected chi connectivity index (χ2v) is 10.5. The minimum atomic E-state index is -0.376. The summed E-state index contributed by atoms with van der Waals surface area (Å²) in [6.07, 6.45) is 10.5. The fraction of sp³-hybridized carbons (Fsp3) is 0.577. The minimum Gasteiger partial charge on any atom is -0.408 e. The lowest BCUT2D eigenvalue weighted by molar-refractivity contribution is -0.119. The number of nitrogens with zero attached hydrogens (tertiary/aromatic N) is 5. The van der Waals surface area contributed by atoms with Crippen molar-refractivity contribution in [2.24, 2.45) is 0 Å². The normalized spacial score (nSPS) is 19.1. The molecule has 1 saturated heterocycles. The van der Waals surface area contributed by atoms with Gasteiger partial charge >= 0.3 is 6.03 Å².